The first kappa shape index (κ1) is 15.6. The van der Waals surface area contributed by atoms with Crippen molar-refractivity contribution in [2.45, 2.75) is 11.8 Å². The van der Waals surface area contributed by atoms with Gasteiger partial charge in [-0.25, -0.2) is 0 Å². The van der Waals surface area contributed by atoms with Gasteiger partial charge in [0.2, 0.25) is 23.1 Å². The van der Waals surface area contributed by atoms with E-state index in [1.54, 1.807) is 47.8 Å². The molecular formula is C20H12O4S. The van der Waals surface area contributed by atoms with Crippen molar-refractivity contribution in [1.29, 1.82) is 0 Å². The third-order valence-electron chi connectivity index (χ3n) is 4.49. The molecular weight excluding hydrogens is 336 g/mol. The fraction of sp³-hybridized carbons (Fsp3) is 0.100. The van der Waals surface area contributed by atoms with Gasteiger partial charge in [-0.2, -0.15) is 0 Å². The number of carbonyl (C=O) groups is 4. The van der Waals surface area contributed by atoms with Crippen LogP contribution in [0.4, 0.5) is 0 Å². The van der Waals surface area contributed by atoms with E-state index in [1.807, 2.05) is 12.1 Å². The molecule has 0 amide bonds. The minimum Gasteiger partial charge on any atom is -0.290 e. The molecule has 1 fully saturated rings. The van der Waals surface area contributed by atoms with Crippen molar-refractivity contribution >= 4 is 44.6 Å². The number of ketones is 4. The van der Waals surface area contributed by atoms with E-state index in [0.29, 0.717) is 11.1 Å². The third-order valence-corrected chi connectivity index (χ3v) is 5.47. The summed E-state index contributed by atoms with van der Waals surface area (Å²) in [7, 11) is 0. The Morgan fingerprint density at radius 2 is 1.20 bits per heavy atom. The summed E-state index contributed by atoms with van der Waals surface area (Å²) in [5.41, 5.74) is 0.830. The molecule has 2 aromatic carbocycles. The summed E-state index contributed by atoms with van der Waals surface area (Å²) < 4.78 is 0.906. The highest BCUT2D eigenvalue weighted by atomic mass is 32.1. The van der Waals surface area contributed by atoms with Crippen molar-refractivity contribution < 1.29 is 19.2 Å². The Bertz CT molecular complexity index is 1000. The average molecular weight is 348 g/mol. The number of Topliss-reactive ketones (excluding diaryl/α,β-unsaturated/α-hetero) is 4. The van der Waals surface area contributed by atoms with Crippen LogP contribution in [0.25, 0.3) is 10.1 Å². The molecule has 0 saturated heterocycles. The standard InChI is InChI=1S/C20H12O4S/c21-17-15(11-6-2-1-3-7-11)18(22)20(24)16(19(17)23)13-10-25-14-9-5-4-8-12(13)14/h1-10,15-16H. The second-order valence-electron chi connectivity index (χ2n) is 5.92. The Hall–Kier alpha value is -2.92. The van der Waals surface area contributed by atoms with E-state index in [2.05, 4.69) is 0 Å². The van der Waals surface area contributed by atoms with Crippen molar-refractivity contribution in [2.24, 2.45) is 0 Å². The van der Waals surface area contributed by atoms with Crippen LogP contribution in [0.2, 0.25) is 0 Å². The van der Waals surface area contributed by atoms with Gasteiger partial charge in [-0.05, 0) is 28.0 Å². The molecule has 1 aromatic heterocycles. The number of rotatable bonds is 2. The van der Waals surface area contributed by atoms with Crippen molar-refractivity contribution in [3.05, 3.63) is 71.1 Å². The highest BCUT2D eigenvalue weighted by Gasteiger charge is 2.50. The quantitative estimate of drug-likeness (QED) is 0.527. The van der Waals surface area contributed by atoms with Crippen LogP contribution < -0.4 is 0 Å². The number of fused-ring (bicyclic) bond motifs is 1. The van der Waals surface area contributed by atoms with Crippen molar-refractivity contribution in [1.82, 2.24) is 0 Å². The summed E-state index contributed by atoms with van der Waals surface area (Å²) in [6, 6.07) is 15.6. The second kappa shape index (κ2) is 5.86. The summed E-state index contributed by atoms with van der Waals surface area (Å²) in [6.07, 6.45) is 0. The van der Waals surface area contributed by atoms with E-state index in [-0.39, 0.29) is 0 Å². The molecule has 0 N–H and O–H groups in total. The summed E-state index contributed by atoms with van der Waals surface area (Å²) in [4.78, 5) is 50.6. The van der Waals surface area contributed by atoms with Crippen molar-refractivity contribution in [2.75, 3.05) is 0 Å². The van der Waals surface area contributed by atoms with Gasteiger partial charge in [-0.3, -0.25) is 19.2 Å². The monoisotopic (exact) mass is 348 g/mol. The number of thiophene rings is 1. The Morgan fingerprint density at radius 1 is 0.640 bits per heavy atom. The highest BCUT2D eigenvalue weighted by Crippen LogP contribution is 2.37. The normalized spacial score (nSPS) is 21.1. The van der Waals surface area contributed by atoms with E-state index >= 15 is 0 Å². The molecule has 4 rings (SSSR count). The molecule has 0 radical (unpaired) electrons. The van der Waals surface area contributed by atoms with Crippen LogP contribution in [0.5, 0.6) is 0 Å². The molecule has 1 heterocycles. The predicted octanol–water partition coefficient (Wildman–Crippen LogP) is 3.06. The maximum absolute atomic E-state index is 12.7. The lowest BCUT2D eigenvalue weighted by Gasteiger charge is -2.24. The van der Waals surface area contributed by atoms with Crippen molar-refractivity contribution in [3.8, 4) is 0 Å². The smallest absolute Gasteiger partial charge is 0.214 e. The van der Waals surface area contributed by atoms with E-state index in [9.17, 15) is 19.2 Å². The second-order valence-corrected chi connectivity index (χ2v) is 6.83. The minimum absolute atomic E-state index is 0.382. The molecule has 0 bridgehead atoms. The van der Waals surface area contributed by atoms with Crippen molar-refractivity contribution in [3.63, 3.8) is 0 Å². The Labute approximate surface area is 147 Å². The van der Waals surface area contributed by atoms with E-state index in [4.69, 9.17) is 0 Å². The Morgan fingerprint density at radius 3 is 1.88 bits per heavy atom. The molecule has 4 nitrogen and oxygen atoms in total. The molecule has 1 saturated carbocycles. The van der Waals surface area contributed by atoms with E-state index in [1.165, 1.54) is 11.3 Å². The molecule has 1 aliphatic rings. The van der Waals surface area contributed by atoms with Crippen LogP contribution in [0.3, 0.4) is 0 Å². The van der Waals surface area contributed by atoms with Crippen LogP contribution in [-0.2, 0) is 19.2 Å². The van der Waals surface area contributed by atoms with Crippen LogP contribution in [0.1, 0.15) is 23.0 Å². The molecule has 0 aliphatic heterocycles. The largest absolute Gasteiger partial charge is 0.290 e. The Kier molecular flexibility index (Phi) is 3.66. The first-order valence-electron chi connectivity index (χ1n) is 7.77. The average Bonchev–Trinajstić information content (AvgIpc) is 3.05. The lowest BCUT2D eigenvalue weighted by Crippen LogP contribution is -2.46. The summed E-state index contributed by atoms with van der Waals surface area (Å²) >= 11 is 1.38. The van der Waals surface area contributed by atoms with Gasteiger partial charge in [0.25, 0.3) is 0 Å². The molecule has 1 aliphatic carbocycles. The molecule has 0 unspecified atom stereocenters. The van der Waals surface area contributed by atoms with Crippen LogP contribution in [-0.4, -0.2) is 23.1 Å². The summed E-state index contributed by atoms with van der Waals surface area (Å²) in [6.45, 7) is 0. The number of hydrogen-bond acceptors (Lipinski definition) is 5. The zero-order valence-corrected chi connectivity index (χ0v) is 13.8. The van der Waals surface area contributed by atoms with Crippen LogP contribution >= 0.6 is 11.3 Å². The van der Waals surface area contributed by atoms with Gasteiger partial charge in [0, 0.05) is 4.70 Å². The van der Waals surface area contributed by atoms with Gasteiger partial charge in [-0.15, -0.1) is 11.3 Å². The molecule has 5 heteroatoms. The minimum atomic E-state index is -1.32. The maximum atomic E-state index is 12.7. The number of carbonyl (C=O) groups excluding carboxylic acids is 4. The molecule has 122 valence electrons. The molecule has 25 heavy (non-hydrogen) atoms. The zero-order valence-electron chi connectivity index (χ0n) is 13.0. The fourth-order valence-corrected chi connectivity index (χ4v) is 4.25. The first-order chi connectivity index (χ1) is 12.1. The van der Waals surface area contributed by atoms with Gasteiger partial charge < -0.3 is 0 Å². The topological polar surface area (TPSA) is 68.3 Å². The van der Waals surface area contributed by atoms with Gasteiger partial charge in [0.15, 0.2) is 0 Å². The van der Waals surface area contributed by atoms with E-state index < -0.39 is 35.0 Å². The van der Waals surface area contributed by atoms with E-state index in [0.717, 1.165) is 10.1 Å². The lowest BCUT2D eigenvalue weighted by atomic mass is 9.72. The number of hydrogen-bond donors (Lipinski definition) is 0. The maximum Gasteiger partial charge on any atom is 0.214 e. The highest BCUT2D eigenvalue weighted by molar-refractivity contribution is 7.17. The SMILES string of the molecule is O=C1C(=O)C(c2csc3ccccc23)C(=O)C(=O)C1c1ccccc1. The summed E-state index contributed by atoms with van der Waals surface area (Å²) in [5, 5.41) is 2.42. The van der Waals surface area contributed by atoms with Crippen LogP contribution in [0.15, 0.2) is 60.0 Å². The van der Waals surface area contributed by atoms with Gasteiger partial charge in [0.1, 0.15) is 11.8 Å². The number of benzene rings is 2. The molecule has 3 aromatic rings. The molecule has 0 atom stereocenters. The summed E-state index contributed by atoms with van der Waals surface area (Å²) in [5.74, 6) is -5.87. The molecule has 0 spiro atoms. The Balaban J connectivity index is 1.81. The predicted molar refractivity (Wildman–Crippen MR) is 93.8 cm³/mol. The van der Waals surface area contributed by atoms with Crippen LogP contribution in [0, 0.1) is 0 Å². The van der Waals surface area contributed by atoms with Gasteiger partial charge in [-0.1, -0.05) is 48.5 Å². The fourth-order valence-electron chi connectivity index (χ4n) is 3.26. The third kappa shape index (κ3) is 2.36. The lowest BCUT2D eigenvalue weighted by molar-refractivity contribution is -0.150. The first-order valence-corrected chi connectivity index (χ1v) is 8.64. The zero-order chi connectivity index (χ0) is 17.6. The van der Waals surface area contributed by atoms with Gasteiger partial charge >= 0.3 is 0 Å². The van der Waals surface area contributed by atoms with Gasteiger partial charge in [0.05, 0.1) is 0 Å².